The molecule has 2 radical (unpaired) electrons. The van der Waals surface area contributed by atoms with E-state index in [0.717, 1.165) is 9.52 Å². The first-order valence-electron chi connectivity index (χ1n) is 15.4. The number of allylic oxidation sites excluding steroid dienone is 2. The van der Waals surface area contributed by atoms with E-state index in [2.05, 4.69) is 139 Å². The van der Waals surface area contributed by atoms with Crippen LogP contribution >= 0.6 is 0 Å². The van der Waals surface area contributed by atoms with Crippen LogP contribution in [0, 0.1) is 0 Å². The summed E-state index contributed by atoms with van der Waals surface area (Å²) in [6.07, 6.45) is 4.92. The lowest BCUT2D eigenvalue weighted by atomic mass is 9.92. The zero-order valence-corrected chi connectivity index (χ0v) is 26.5. The summed E-state index contributed by atoms with van der Waals surface area (Å²) in [4.78, 5) is 0. The van der Waals surface area contributed by atoms with Crippen LogP contribution in [0.2, 0.25) is 12.1 Å². The summed E-state index contributed by atoms with van der Waals surface area (Å²) in [7, 11) is 0.932. The molecule has 0 spiro atoms. The van der Waals surface area contributed by atoms with Crippen LogP contribution in [-0.2, 0) is 0 Å². The minimum atomic E-state index is 0.536. The Morgan fingerprint density at radius 2 is 0.927 bits per heavy atom. The van der Waals surface area contributed by atoms with Gasteiger partial charge in [0.25, 0.3) is 0 Å². The van der Waals surface area contributed by atoms with Crippen molar-refractivity contribution in [1.82, 2.24) is 0 Å². The Morgan fingerprint density at radius 1 is 0.537 bits per heavy atom. The third kappa shape index (κ3) is 5.33. The fraction of sp³-hybridized carbons (Fsp3) is 0.300. The van der Waals surface area contributed by atoms with Crippen molar-refractivity contribution < 1.29 is 0 Å². The van der Waals surface area contributed by atoms with Crippen molar-refractivity contribution in [3.05, 3.63) is 129 Å². The summed E-state index contributed by atoms with van der Waals surface area (Å²) < 4.78 is 0. The molecular weight excluding hydrogens is 509 g/mol. The highest BCUT2D eigenvalue weighted by atomic mass is 28.2. The molecule has 0 nitrogen and oxygen atoms in total. The van der Waals surface area contributed by atoms with Crippen LogP contribution in [0.5, 0.6) is 0 Å². The molecule has 0 bridgehead atoms. The molecule has 0 fully saturated rings. The van der Waals surface area contributed by atoms with Gasteiger partial charge in [0.2, 0.25) is 0 Å². The average Bonchev–Trinajstić information content (AvgIpc) is 3.48. The first-order chi connectivity index (χ1) is 19.8. The molecule has 0 amide bonds. The van der Waals surface area contributed by atoms with Crippen LogP contribution in [0.1, 0.15) is 98.6 Å². The van der Waals surface area contributed by atoms with E-state index in [1.165, 1.54) is 78.9 Å². The normalized spacial score (nSPS) is 17.6. The molecule has 0 aliphatic heterocycles. The van der Waals surface area contributed by atoms with Gasteiger partial charge in [-0.3, -0.25) is 0 Å². The van der Waals surface area contributed by atoms with E-state index in [9.17, 15) is 0 Å². The van der Waals surface area contributed by atoms with Crippen molar-refractivity contribution in [3.63, 3.8) is 0 Å². The van der Waals surface area contributed by atoms with Gasteiger partial charge >= 0.3 is 0 Å². The van der Waals surface area contributed by atoms with Crippen LogP contribution in [0.3, 0.4) is 0 Å². The van der Waals surface area contributed by atoms with Gasteiger partial charge < -0.3 is 0 Å². The van der Waals surface area contributed by atoms with Crippen molar-refractivity contribution in [2.75, 3.05) is 0 Å². The highest BCUT2D eigenvalue weighted by Crippen LogP contribution is 2.46. The number of hydrogen-bond acceptors (Lipinski definition) is 0. The molecule has 2 aliphatic rings. The van der Waals surface area contributed by atoms with Crippen LogP contribution < -0.4 is 0 Å². The Bertz CT molecular complexity index is 1490. The van der Waals surface area contributed by atoms with E-state index in [-0.39, 0.29) is 0 Å². The summed E-state index contributed by atoms with van der Waals surface area (Å²) in [5.74, 6) is 2.20. The Kier molecular flexibility index (Phi) is 7.75. The van der Waals surface area contributed by atoms with Crippen molar-refractivity contribution in [2.24, 2.45) is 0 Å². The molecule has 4 aromatic rings. The van der Waals surface area contributed by atoms with E-state index < -0.39 is 0 Å². The number of rotatable bonds is 8. The monoisotopic (exact) mass is 550 g/mol. The molecule has 4 aromatic carbocycles. The van der Waals surface area contributed by atoms with Gasteiger partial charge in [-0.1, -0.05) is 148 Å². The average molecular weight is 551 g/mol. The van der Waals surface area contributed by atoms with E-state index in [1.807, 2.05) is 0 Å². The Hall–Kier alpha value is -3.42. The van der Waals surface area contributed by atoms with Gasteiger partial charge in [0, 0.05) is 21.4 Å². The smallest absolute Gasteiger partial charge is 0.0397 e. The van der Waals surface area contributed by atoms with Gasteiger partial charge in [0.05, 0.1) is 0 Å². The van der Waals surface area contributed by atoms with Gasteiger partial charge in [0.15, 0.2) is 0 Å². The second-order valence-corrected chi connectivity index (χ2v) is 14.0. The van der Waals surface area contributed by atoms with Gasteiger partial charge in [-0.25, -0.2) is 0 Å². The number of benzene rings is 4. The maximum atomic E-state index is 2.46. The van der Waals surface area contributed by atoms with Gasteiger partial charge in [0.1, 0.15) is 0 Å². The maximum absolute atomic E-state index is 2.46. The molecule has 206 valence electrons. The van der Waals surface area contributed by atoms with Crippen LogP contribution in [0.15, 0.2) is 96.1 Å². The highest BCUT2D eigenvalue weighted by molar-refractivity contribution is 6.36. The molecule has 0 heterocycles. The molecule has 0 aromatic heterocycles. The second-order valence-electron chi connectivity index (χ2n) is 12.7. The molecule has 2 atom stereocenters. The van der Waals surface area contributed by atoms with Crippen LogP contribution in [-0.4, -0.2) is 9.52 Å². The largest absolute Gasteiger partial charge is 0.0655 e. The molecule has 41 heavy (non-hydrogen) atoms. The molecule has 6 rings (SSSR count). The van der Waals surface area contributed by atoms with Crippen molar-refractivity contribution in [1.29, 1.82) is 0 Å². The first kappa shape index (κ1) is 27.7. The summed E-state index contributed by atoms with van der Waals surface area (Å²) in [6.45, 7) is 13.7. The number of hydrogen-bond donors (Lipinski definition) is 0. The molecule has 1 heteroatoms. The van der Waals surface area contributed by atoms with E-state index in [0.29, 0.717) is 23.7 Å². The predicted molar refractivity (Wildman–Crippen MR) is 180 cm³/mol. The summed E-state index contributed by atoms with van der Waals surface area (Å²) >= 11 is 0. The van der Waals surface area contributed by atoms with E-state index in [1.54, 1.807) is 0 Å². The van der Waals surface area contributed by atoms with Crippen molar-refractivity contribution in [3.8, 4) is 22.3 Å². The standard InChI is InChI=1S/C40H42Si/c1-25(2)29-13-17-31(18-14-29)33-9-7-11-35-37(33)21-27(5)39(35)23-41-24-40-28(6)22-38-34(10-8-12-36(38)40)32-19-15-30(16-20-32)26(3)4/h7-22,25-26,39-40H,23-24H2,1-6H3. The minimum Gasteiger partial charge on any atom is -0.0655 e. The lowest BCUT2D eigenvalue weighted by molar-refractivity contribution is 0.867. The minimum absolute atomic E-state index is 0.536. The summed E-state index contributed by atoms with van der Waals surface area (Å²) in [5.41, 5.74) is 17.2. The Balaban J connectivity index is 1.18. The molecule has 0 N–H and O–H groups in total. The highest BCUT2D eigenvalue weighted by Gasteiger charge is 2.28. The lowest BCUT2D eigenvalue weighted by Crippen LogP contribution is -2.06. The van der Waals surface area contributed by atoms with Gasteiger partial charge in [-0.05, 0) is 81.3 Å². The van der Waals surface area contributed by atoms with Crippen LogP contribution in [0.25, 0.3) is 34.4 Å². The maximum Gasteiger partial charge on any atom is 0.0397 e. The Labute approximate surface area is 250 Å². The SMILES string of the molecule is CC1=Cc2c(-c3ccc(C(C)C)cc3)cccc2C1C[Si]CC1C(C)=Cc2c(-c3ccc(C(C)C)cc3)cccc21. The molecule has 0 saturated heterocycles. The zero-order valence-electron chi connectivity index (χ0n) is 25.5. The fourth-order valence-corrected chi connectivity index (χ4v) is 8.58. The van der Waals surface area contributed by atoms with E-state index >= 15 is 0 Å². The molecule has 2 unspecified atom stereocenters. The third-order valence-electron chi connectivity index (χ3n) is 9.35. The fourth-order valence-electron chi connectivity index (χ4n) is 6.76. The van der Waals surface area contributed by atoms with Gasteiger partial charge in [-0.2, -0.15) is 0 Å². The molecule has 0 saturated carbocycles. The first-order valence-corrected chi connectivity index (χ1v) is 16.8. The third-order valence-corrected chi connectivity index (χ3v) is 10.7. The molecular formula is C40H42Si. The molecule has 2 aliphatic carbocycles. The van der Waals surface area contributed by atoms with Gasteiger partial charge in [-0.15, -0.1) is 0 Å². The topological polar surface area (TPSA) is 0 Å². The summed E-state index contributed by atoms with van der Waals surface area (Å²) in [5, 5.41) is 0. The van der Waals surface area contributed by atoms with Crippen molar-refractivity contribution in [2.45, 2.75) is 77.3 Å². The number of fused-ring (bicyclic) bond motifs is 2. The second kappa shape index (κ2) is 11.5. The predicted octanol–water partition coefficient (Wildman–Crippen LogP) is 11.5. The van der Waals surface area contributed by atoms with Crippen molar-refractivity contribution >= 4 is 21.7 Å². The Morgan fingerprint density at radius 3 is 1.29 bits per heavy atom. The quantitative estimate of drug-likeness (QED) is 0.191. The summed E-state index contributed by atoms with van der Waals surface area (Å²) in [6, 6.07) is 34.8. The van der Waals surface area contributed by atoms with Crippen LogP contribution in [0.4, 0.5) is 0 Å². The lowest BCUT2D eigenvalue weighted by Gasteiger charge is -2.19. The van der Waals surface area contributed by atoms with E-state index in [4.69, 9.17) is 0 Å². The zero-order chi connectivity index (χ0) is 28.7.